The van der Waals surface area contributed by atoms with Crippen LogP contribution in [0, 0.1) is 0 Å². The van der Waals surface area contributed by atoms with Crippen LogP contribution < -0.4 is 103 Å². The molecule has 0 amide bonds. The molecule has 0 radical (unpaired) electrons. The number of rotatable bonds is 2. The summed E-state index contributed by atoms with van der Waals surface area (Å²) in [5.74, 6) is 0. The molecule has 0 aromatic rings. The van der Waals surface area contributed by atoms with Crippen LogP contribution in [0.1, 0.15) is 2.85 Å². The molecule has 68 valence electrons. The Morgan fingerprint density at radius 3 is 1.08 bits per heavy atom. The molecule has 0 aliphatic rings. The Balaban J connectivity index is -0.0000000320. The van der Waals surface area contributed by atoms with Crippen molar-refractivity contribution in [3.63, 3.8) is 0 Å². The second-order valence-corrected chi connectivity index (χ2v) is 4.68. The van der Waals surface area contributed by atoms with Crippen molar-refractivity contribution in [2.45, 2.75) is 0 Å². The second kappa shape index (κ2) is 9.90. The van der Waals surface area contributed by atoms with E-state index in [1.165, 1.54) is 0 Å². The Hall–Kier alpha value is 3.71. The molecular formula is H5ClCr2K2O7. The Labute approximate surface area is 167 Å². The molecule has 0 aliphatic carbocycles. The van der Waals surface area contributed by atoms with Crippen LogP contribution in [0.5, 0.6) is 0 Å². The van der Waals surface area contributed by atoms with Gasteiger partial charge in [0.25, 0.3) is 0 Å². The molecule has 0 fully saturated rings. The molecule has 12 heavy (non-hydrogen) atoms. The zero-order valence-electron chi connectivity index (χ0n) is 8.16. The molecule has 0 aliphatic heterocycles. The number of hydrogen-bond donors (Lipinski definition) is 2. The summed E-state index contributed by atoms with van der Waals surface area (Å²) in [5.41, 5.74) is 0. The van der Waals surface area contributed by atoms with Crippen LogP contribution in [0.4, 0.5) is 0 Å². The van der Waals surface area contributed by atoms with Gasteiger partial charge in [-0.3, -0.25) is 0 Å². The van der Waals surface area contributed by atoms with Crippen LogP contribution in [0.15, 0.2) is 0 Å². The monoisotopic (exact) mass is 334 g/mol. The Morgan fingerprint density at radius 2 is 1.08 bits per heavy atom. The quantitative estimate of drug-likeness (QED) is 0.482. The number of halogens is 1. The fourth-order valence-corrected chi connectivity index (χ4v) is 1.85. The van der Waals surface area contributed by atoms with Gasteiger partial charge in [-0.15, -0.1) is 12.4 Å². The first-order chi connectivity index (χ1) is 3.71. The van der Waals surface area contributed by atoms with E-state index in [0.717, 1.165) is 0 Å². The molecule has 2 N–H and O–H groups in total. The van der Waals surface area contributed by atoms with E-state index in [9.17, 15) is 15.2 Å². The van der Waals surface area contributed by atoms with Gasteiger partial charge < -0.3 is 2.85 Å². The van der Waals surface area contributed by atoms with Crippen LogP contribution in [-0.4, -0.2) is 8.32 Å². The van der Waals surface area contributed by atoms with Gasteiger partial charge in [0.05, 0.1) is 0 Å². The van der Waals surface area contributed by atoms with Gasteiger partial charge in [-0.25, -0.2) is 0 Å². The summed E-state index contributed by atoms with van der Waals surface area (Å²) >= 11 is -11.5. The molecule has 12 heteroatoms. The summed E-state index contributed by atoms with van der Waals surface area (Å²) < 4.78 is 56.3. The van der Waals surface area contributed by atoms with Crippen LogP contribution in [0.3, 0.4) is 0 Å². The van der Waals surface area contributed by atoms with Crippen molar-refractivity contribution in [2.75, 3.05) is 0 Å². The first-order valence-electron chi connectivity index (χ1n) is 1.37. The Bertz CT molecular complexity index is 253. The normalized spacial score (nSPS) is 10.2. The van der Waals surface area contributed by atoms with E-state index in [0.29, 0.717) is 0 Å². The van der Waals surface area contributed by atoms with Crippen molar-refractivity contribution in [1.82, 2.24) is 0 Å². The first kappa shape index (κ1) is 24.8. The van der Waals surface area contributed by atoms with E-state index in [4.69, 9.17) is 8.32 Å². The topological polar surface area (TPSA) is 118 Å². The van der Waals surface area contributed by atoms with Crippen LogP contribution >= 0.6 is 12.4 Å². The summed E-state index contributed by atoms with van der Waals surface area (Å²) in [7, 11) is 0. The molecule has 0 saturated heterocycles. The summed E-state index contributed by atoms with van der Waals surface area (Å²) in [6.45, 7) is 0. The van der Waals surface area contributed by atoms with Gasteiger partial charge in [-0.05, 0) is 0 Å². The van der Waals surface area contributed by atoms with E-state index >= 15 is 0 Å². The third kappa shape index (κ3) is 23.5. The van der Waals surface area contributed by atoms with Crippen molar-refractivity contribution in [3.05, 3.63) is 0 Å². The van der Waals surface area contributed by atoms with E-state index in [-0.39, 0.29) is 118 Å². The molecule has 0 bridgehead atoms. The molecule has 0 unspecified atom stereocenters. The van der Waals surface area contributed by atoms with E-state index < -0.39 is 27.2 Å². The molecule has 0 aromatic heterocycles. The number of hydrogen-bond acceptors (Lipinski definition) is 5. The molecule has 0 atom stereocenters. The third-order valence-corrected chi connectivity index (χ3v) is 2.92. The maximum atomic E-state index is 9.53. The maximum absolute atomic E-state index is 9.53. The summed E-state index contributed by atoms with van der Waals surface area (Å²) in [6.07, 6.45) is 0. The molecule has 0 rings (SSSR count). The summed E-state index contributed by atoms with van der Waals surface area (Å²) in [4.78, 5) is 0. The fraction of sp³-hybridized carbons (Fsp3) is 0. The first-order valence-corrected chi connectivity index (χ1v) is 5.63. The second-order valence-electron chi connectivity index (χ2n) is 0.924. The molecule has 0 aromatic carbocycles. The fourth-order valence-electron chi connectivity index (χ4n) is 0.109. The molecule has 0 heterocycles. The molecule has 7 nitrogen and oxygen atoms in total. The summed E-state index contributed by atoms with van der Waals surface area (Å²) in [5, 5.41) is 0. The predicted octanol–water partition coefficient (Wildman–Crippen LogP) is -7.01. The molecular weight excluding hydrogens is 330 g/mol. The van der Waals surface area contributed by atoms with Gasteiger partial charge in [0, 0.05) is 0 Å². The minimum atomic E-state index is -5.76. The average Bonchev–Trinajstić information content (AvgIpc) is 1.14. The SMILES string of the molecule is Cl.[H-].[H-].[K+].[K+].[O]=[Cr](=[O])([OH])[O][Cr](=[O])(=[O])[OH]. The summed E-state index contributed by atoms with van der Waals surface area (Å²) in [6, 6.07) is 0. The average molecular weight is 335 g/mol. The zero-order chi connectivity index (χ0) is 7.71. The zero-order valence-corrected chi connectivity index (χ0v) is 15.8. The van der Waals surface area contributed by atoms with Crippen molar-refractivity contribution in [1.29, 1.82) is 0 Å². The van der Waals surface area contributed by atoms with Crippen molar-refractivity contribution in [2.24, 2.45) is 0 Å². The third-order valence-electron chi connectivity index (χ3n) is 0.172. The van der Waals surface area contributed by atoms with Crippen molar-refractivity contribution >= 4 is 12.4 Å². The predicted molar refractivity (Wildman–Crippen MR) is 17.7 cm³/mol. The van der Waals surface area contributed by atoms with Gasteiger partial charge in [0.2, 0.25) is 0 Å². The standard InChI is InChI=1S/ClH.2Cr.2K.2H2O.5O.2H/h1H;;;;;2*1H2;;;;;;;/q;4*+1;;;;;;;;2*-1/p-2. The van der Waals surface area contributed by atoms with Gasteiger partial charge in [0.15, 0.2) is 0 Å². The molecule has 0 saturated carbocycles. The van der Waals surface area contributed by atoms with Gasteiger partial charge in [0.1, 0.15) is 0 Å². The van der Waals surface area contributed by atoms with Crippen LogP contribution in [-0.2, 0) is 45.3 Å². The van der Waals surface area contributed by atoms with E-state index in [1.807, 2.05) is 0 Å². The Morgan fingerprint density at radius 1 is 0.917 bits per heavy atom. The molecule has 0 spiro atoms. The minimum absolute atomic E-state index is 0. The van der Waals surface area contributed by atoms with Gasteiger partial charge >= 0.3 is 156 Å². The van der Waals surface area contributed by atoms with E-state index in [1.54, 1.807) is 0 Å². The van der Waals surface area contributed by atoms with E-state index in [2.05, 4.69) is 2.84 Å². The Kier molecular flexibility index (Phi) is 20.5. The van der Waals surface area contributed by atoms with Gasteiger partial charge in [-0.1, -0.05) is 0 Å². The van der Waals surface area contributed by atoms with Crippen molar-refractivity contribution in [3.8, 4) is 0 Å². The van der Waals surface area contributed by atoms with Crippen molar-refractivity contribution < 1.29 is 159 Å². The van der Waals surface area contributed by atoms with Crippen LogP contribution in [0.2, 0.25) is 0 Å². The van der Waals surface area contributed by atoms with Gasteiger partial charge in [-0.2, -0.15) is 0 Å². The van der Waals surface area contributed by atoms with Crippen LogP contribution in [0.25, 0.3) is 0 Å².